The zero-order chi connectivity index (χ0) is 18.0. The lowest BCUT2D eigenvalue weighted by molar-refractivity contribution is -0.142. The zero-order valence-corrected chi connectivity index (χ0v) is 14.1. The standard InChI is InChI=1S/C19H18N2O4/c1-24-18(22)15-14-8-13(9-20)11-21(10-12-6-4-3-5-7-12)17(14)16(15)19(23)25-2/h3-7,11,14,17H,8,10H2,1-2H3/t14-,17-/m0/s1. The number of nitriles is 1. The fourth-order valence-electron chi connectivity index (χ4n) is 3.53. The van der Waals surface area contributed by atoms with Crippen molar-refractivity contribution in [3.05, 3.63) is 58.8 Å². The molecule has 1 aromatic carbocycles. The summed E-state index contributed by atoms with van der Waals surface area (Å²) in [6.45, 7) is 0.530. The van der Waals surface area contributed by atoms with Crippen LogP contribution in [0.4, 0.5) is 0 Å². The number of methoxy groups -OCH3 is 2. The summed E-state index contributed by atoms with van der Waals surface area (Å²) in [7, 11) is 2.57. The van der Waals surface area contributed by atoms with E-state index in [-0.39, 0.29) is 12.0 Å². The van der Waals surface area contributed by atoms with Gasteiger partial charge in [-0.3, -0.25) is 0 Å². The molecule has 0 fully saturated rings. The Hall–Kier alpha value is -3.07. The van der Waals surface area contributed by atoms with Gasteiger partial charge in [0.15, 0.2) is 0 Å². The van der Waals surface area contributed by atoms with Crippen molar-refractivity contribution in [2.45, 2.75) is 19.0 Å². The smallest absolute Gasteiger partial charge is 0.336 e. The van der Waals surface area contributed by atoms with E-state index in [0.717, 1.165) is 5.56 Å². The molecule has 6 nitrogen and oxygen atoms in total. The number of hydrogen-bond acceptors (Lipinski definition) is 6. The first-order chi connectivity index (χ1) is 12.1. The Morgan fingerprint density at radius 2 is 1.80 bits per heavy atom. The maximum absolute atomic E-state index is 12.2. The van der Waals surface area contributed by atoms with Gasteiger partial charge in [0.25, 0.3) is 0 Å². The largest absolute Gasteiger partial charge is 0.466 e. The van der Waals surface area contributed by atoms with Gasteiger partial charge in [-0.2, -0.15) is 5.26 Å². The van der Waals surface area contributed by atoms with Crippen LogP contribution in [0.5, 0.6) is 0 Å². The van der Waals surface area contributed by atoms with Gasteiger partial charge in [-0.15, -0.1) is 0 Å². The zero-order valence-electron chi connectivity index (χ0n) is 14.1. The summed E-state index contributed by atoms with van der Waals surface area (Å²) in [5, 5.41) is 9.34. The molecule has 2 aliphatic rings. The quantitative estimate of drug-likeness (QED) is 0.781. The van der Waals surface area contributed by atoms with E-state index in [1.165, 1.54) is 14.2 Å². The van der Waals surface area contributed by atoms with Gasteiger partial charge < -0.3 is 14.4 Å². The van der Waals surface area contributed by atoms with Gasteiger partial charge in [0.2, 0.25) is 0 Å². The molecule has 2 atom stereocenters. The number of hydrogen-bond donors (Lipinski definition) is 0. The highest BCUT2D eigenvalue weighted by molar-refractivity contribution is 6.05. The maximum Gasteiger partial charge on any atom is 0.336 e. The first kappa shape index (κ1) is 16.8. The second-order valence-corrected chi connectivity index (χ2v) is 5.99. The molecule has 0 saturated carbocycles. The Morgan fingerprint density at radius 1 is 1.16 bits per heavy atom. The maximum atomic E-state index is 12.2. The molecule has 25 heavy (non-hydrogen) atoms. The van der Waals surface area contributed by atoms with Crippen molar-refractivity contribution in [3.8, 4) is 6.07 Å². The minimum atomic E-state index is -0.541. The number of nitrogens with zero attached hydrogens (tertiary/aromatic N) is 2. The van der Waals surface area contributed by atoms with Gasteiger partial charge in [0, 0.05) is 24.2 Å². The average Bonchev–Trinajstić information content (AvgIpc) is 2.63. The molecule has 0 saturated heterocycles. The average molecular weight is 338 g/mol. The third-order valence-corrected chi connectivity index (χ3v) is 4.62. The van der Waals surface area contributed by atoms with Gasteiger partial charge in [-0.05, 0) is 12.0 Å². The fraction of sp³-hybridized carbons (Fsp3) is 0.316. The molecule has 1 aliphatic heterocycles. The summed E-state index contributed by atoms with van der Waals surface area (Å²) in [5.74, 6) is -1.32. The number of carbonyl (C=O) groups excluding carboxylic acids is 2. The third kappa shape index (κ3) is 2.89. The molecule has 0 unspecified atom stereocenters. The van der Waals surface area contributed by atoms with Crippen molar-refractivity contribution in [1.82, 2.24) is 4.90 Å². The molecular weight excluding hydrogens is 320 g/mol. The van der Waals surface area contributed by atoms with Crippen molar-refractivity contribution in [2.24, 2.45) is 5.92 Å². The van der Waals surface area contributed by atoms with Crippen molar-refractivity contribution in [1.29, 1.82) is 5.26 Å². The molecule has 0 N–H and O–H groups in total. The van der Waals surface area contributed by atoms with Gasteiger partial charge >= 0.3 is 11.9 Å². The van der Waals surface area contributed by atoms with E-state index in [4.69, 9.17) is 9.47 Å². The van der Waals surface area contributed by atoms with E-state index in [9.17, 15) is 14.9 Å². The highest BCUT2D eigenvalue weighted by atomic mass is 16.5. The second kappa shape index (κ2) is 6.81. The molecule has 0 aromatic heterocycles. The predicted molar refractivity (Wildman–Crippen MR) is 88.6 cm³/mol. The van der Waals surface area contributed by atoms with Crippen LogP contribution in [0, 0.1) is 17.2 Å². The molecular formula is C19H18N2O4. The number of carbonyl (C=O) groups is 2. The van der Waals surface area contributed by atoms with Gasteiger partial charge in [-0.1, -0.05) is 30.3 Å². The Bertz CT molecular complexity index is 804. The van der Waals surface area contributed by atoms with Crippen molar-refractivity contribution in [3.63, 3.8) is 0 Å². The summed E-state index contributed by atoms with van der Waals surface area (Å²) in [4.78, 5) is 26.3. The van der Waals surface area contributed by atoms with Crippen LogP contribution in [-0.4, -0.2) is 37.1 Å². The molecule has 1 heterocycles. The highest BCUT2D eigenvalue weighted by Gasteiger charge is 2.52. The van der Waals surface area contributed by atoms with Crippen LogP contribution in [0.25, 0.3) is 0 Å². The molecule has 3 rings (SSSR count). The van der Waals surface area contributed by atoms with E-state index < -0.39 is 11.9 Å². The van der Waals surface area contributed by atoms with Gasteiger partial charge in [0.05, 0.1) is 37.5 Å². The van der Waals surface area contributed by atoms with Crippen LogP contribution < -0.4 is 0 Å². The monoisotopic (exact) mass is 338 g/mol. The molecule has 0 radical (unpaired) electrons. The summed E-state index contributed by atoms with van der Waals surface area (Å²) >= 11 is 0. The Kier molecular flexibility index (Phi) is 4.57. The molecule has 128 valence electrons. The molecule has 0 bridgehead atoms. The third-order valence-electron chi connectivity index (χ3n) is 4.62. The lowest BCUT2D eigenvalue weighted by Gasteiger charge is -2.48. The molecule has 0 amide bonds. The minimum absolute atomic E-state index is 0.245. The van der Waals surface area contributed by atoms with Crippen LogP contribution in [0.15, 0.2) is 53.3 Å². The Balaban J connectivity index is 2.00. The summed E-state index contributed by atoms with van der Waals surface area (Å²) in [5.41, 5.74) is 2.26. The SMILES string of the molecule is COC(=O)C1=C(C(=O)OC)[C@@H]2CC(C#N)=CN(Cc3ccccc3)[C@H]12. The van der Waals surface area contributed by atoms with E-state index in [2.05, 4.69) is 6.07 Å². The number of benzene rings is 1. The predicted octanol–water partition coefficient (Wildman–Crippen LogP) is 1.94. The van der Waals surface area contributed by atoms with Gasteiger partial charge in [0.1, 0.15) is 0 Å². The number of allylic oxidation sites excluding steroid dienone is 1. The molecule has 0 spiro atoms. The Morgan fingerprint density at radius 3 is 2.40 bits per heavy atom. The first-order valence-electron chi connectivity index (χ1n) is 7.91. The topological polar surface area (TPSA) is 79.6 Å². The van der Waals surface area contributed by atoms with Crippen LogP contribution in [0.3, 0.4) is 0 Å². The van der Waals surface area contributed by atoms with E-state index in [1.807, 2.05) is 35.2 Å². The van der Waals surface area contributed by atoms with Crippen molar-refractivity contribution < 1.29 is 19.1 Å². The summed E-state index contributed by atoms with van der Waals surface area (Å²) < 4.78 is 9.69. The highest BCUT2D eigenvalue weighted by Crippen LogP contribution is 2.46. The molecule has 6 heteroatoms. The molecule has 1 aromatic rings. The number of ether oxygens (including phenoxy) is 2. The number of rotatable bonds is 4. The van der Waals surface area contributed by atoms with E-state index >= 15 is 0 Å². The first-order valence-corrected chi connectivity index (χ1v) is 7.91. The van der Waals surface area contributed by atoms with Crippen LogP contribution in [-0.2, 0) is 25.6 Å². The molecule has 1 aliphatic carbocycles. The fourth-order valence-corrected chi connectivity index (χ4v) is 3.53. The Labute approximate surface area is 145 Å². The van der Waals surface area contributed by atoms with E-state index in [0.29, 0.717) is 29.7 Å². The van der Waals surface area contributed by atoms with Crippen molar-refractivity contribution in [2.75, 3.05) is 14.2 Å². The lowest BCUT2D eigenvalue weighted by Crippen LogP contribution is -2.53. The van der Waals surface area contributed by atoms with Crippen LogP contribution in [0.2, 0.25) is 0 Å². The number of fused-ring (bicyclic) bond motifs is 1. The van der Waals surface area contributed by atoms with Gasteiger partial charge in [-0.25, -0.2) is 9.59 Å². The van der Waals surface area contributed by atoms with Crippen LogP contribution in [0.1, 0.15) is 12.0 Å². The summed E-state index contributed by atoms with van der Waals surface area (Å²) in [6.07, 6.45) is 2.18. The number of esters is 2. The van der Waals surface area contributed by atoms with Crippen molar-refractivity contribution >= 4 is 11.9 Å². The lowest BCUT2D eigenvalue weighted by atomic mass is 9.67. The normalized spacial score (nSPS) is 21.5. The minimum Gasteiger partial charge on any atom is -0.466 e. The summed E-state index contributed by atoms with van der Waals surface area (Å²) in [6, 6.07) is 11.6. The van der Waals surface area contributed by atoms with E-state index in [1.54, 1.807) is 6.20 Å². The second-order valence-electron chi connectivity index (χ2n) is 5.99. The van der Waals surface area contributed by atoms with Crippen LogP contribution >= 0.6 is 0 Å².